The van der Waals surface area contributed by atoms with Crippen molar-refractivity contribution in [2.45, 2.75) is 9.79 Å². The molecule has 31 heavy (non-hydrogen) atoms. The standard InChI is InChI=1S/C21H10F7NS2/c22-19-11-15(12-20(23)21(19)30-13-29)2-1-14-3-5-16(6-4-14)17-7-9-18(10-8-17)31(24,25,26,27)28/h3-12H. The Balaban J connectivity index is 1.82. The Hall–Kier alpha value is -3.08. The topological polar surface area (TPSA) is 23.8 Å². The maximum Gasteiger partial charge on any atom is 0.310 e. The van der Waals surface area contributed by atoms with Gasteiger partial charge in [0, 0.05) is 11.1 Å². The van der Waals surface area contributed by atoms with Crippen LogP contribution >= 0.6 is 22.0 Å². The molecule has 0 atom stereocenters. The molecule has 0 unspecified atom stereocenters. The average Bonchev–Trinajstić information content (AvgIpc) is 2.68. The SMILES string of the molecule is N#CSc1c(F)cc(C#Cc2ccc(-c3ccc(S(F)(F)(F)(F)F)cc3)cc2)cc1F. The largest absolute Gasteiger partial charge is 0.310 e. The summed E-state index contributed by atoms with van der Waals surface area (Å²) >= 11 is 0.358. The number of hydrogen-bond acceptors (Lipinski definition) is 2. The molecule has 0 aliphatic carbocycles. The van der Waals surface area contributed by atoms with Crippen molar-refractivity contribution in [1.82, 2.24) is 0 Å². The van der Waals surface area contributed by atoms with Crippen LogP contribution in [0.5, 0.6) is 0 Å². The summed E-state index contributed by atoms with van der Waals surface area (Å²) in [4.78, 5) is -2.39. The van der Waals surface area contributed by atoms with Crippen LogP contribution in [0.3, 0.4) is 0 Å². The van der Waals surface area contributed by atoms with Gasteiger partial charge in [-0.25, -0.2) is 8.78 Å². The molecule has 160 valence electrons. The molecule has 0 saturated carbocycles. The number of thiocyanates is 1. The van der Waals surface area contributed by atoms with Crippen molar-refractivity contribution in [3.05, 3.63) is 83.4 Å². The molecule has 0 N–H and O–H groups in total. The molecule has 0 fully saturated rings. The second kappa shape index (κ2) is 7.26. The van der Waals surface area contributed by atoms with Crippen LogP contribution in [0.4, 0.5) is 28.2 Å². The molecule has 0 bridgehead atoms. The van der Waals surface area contributed by atoms with Crippen molar-refractivity contribution in [1.29, 1.82) is 5.26 Å². The lowest BCUT2D eigenvalue weighted by Crippen LogP contribution is -2.05. The average molecular weight is 473 g/mol. The Morgan fingerprint density at radius 1 is 0.677 bits per heavy atom. The molecule has 0 spiro atoms. The summed E-state index contributed by atoms with van der Waals surface area (Å²) in [5.41, 5.74) is 1.26. The van der Waals surface area contributed by atoms with Crippen molar-refractivity contribution < 1.29 is 28.2 Å². The molecular weight excluding hydrogens is 463 g/mol. The van der Waals surface area contributed by atoms with E-state index in [0.29, 0.717) is 40.6 Å². The van der Waals surface area contributed by atoms with E-state index in [1.54, 1.807) is 5.40 Å². The van der Waals surface area contributed by atoms with Gasteiger partial charge in [-0.3, -0.25) is 0 Å². The van der Waals surface area contributed by atoms with Gasteiger partial charge in [0.15, 0.2) is 0 Å². The third kappa shape index (κ3) is 5.54. The van der Waals surface area contributed by atoms with E-state index in [0.717, 1.165) is 24.3 Å². The summed E-state index contributed by atoms with van der Waals surface area (Å²) in [6.45, 7) is 0. The van der Waals surface area contributed by atoms with Crippen LogP contribution in [0.1, 0.15) is 11.1 Å². The molecule has 0 saturated heterocycles. The van der Waals surface area contributed by atoms with Gasteiger partial charge in [-0.05, 0) is 59.3 Å². The fraction of sp³-hybridized carbons (Fsp3) is 0. The fourth-order valence-corrected chi connectivity index (χ4v) is 3.62. The predicted molar refractivity (Wildman–Crippen MR) is 107 cm³/mol. The summed E-state index contributed by atoms with van der Waals surface area (Å²) in [6.07, 6.45) is 0. The highest BCUT2D eigenvalue weighted by Crippen LogP contribution is 3.02. The van der Waals surface area contributed by atoms with Crippen molar-refractivity contribution in [2.75, 3.05) is 0 Å². The van der Waals surface area contributed by atoms with Gasteiger partial charge >= 0.3 is 10.2 Å². The Morgan fingerprint density at radius 2 is 1.13 bits per heavy atom. The molecular formula is C21H10F7NS2. The normalized spacial score (nSPS) is 13.4. The summed E-state index contributed by atoms with van der Waals surface area (Å²) in [5, 5.41) is 10.1. The molecule has 0 amide bonds. The number of benzene rings is 3. The molecule has 0 aliphatic rings. The number of nitriles is 1. The van der Waals surface area contributed by atoms with E-state index in [1.807, 2.05) is 0 Å². The van der Waals surface area contributed by atoms with E-state index in [4.69, 9.17) is 5.26 Å². The Labute approximate surface area is 177 Å². The highest BCUT2D eigenvalue weighted by molar-refractivity contribution is 8.45. The lowest BCUT2D eigenvalue weighted by Gasteiger charge is -2.40. The molecule has 0 aromatic heterocycles. The molecule has 3 aromatic rings. The Kier molecular flexibility index (Phi) is 5.29. The van der Waals surface area contributed by atoms with E-state index in [2.05, 4.69) is 11.8 Å². The first-order chi connectivity index (χ1) is 14.3. The molecule has 1 nitrogen and oxygen atoms in total. The Bertz CT molecular complexity index is 1230. The maximum atomic E-state index is 13.8. The molecule has 3 aromatic carbocycles. The van der Waals surface area contributed by atoms with Crippen LogP contribution < -0.4 is 0 Å². The number of hydrogen-bond donors (Lipinski definition) is 0. The third-order valence-corrected chi connectivity index (χ3v) is 5.86. The minimum absolute atomic E-state index is 0.0490. The number of nitrogens with zero attached hydrogens (tertiary/aromatic N) is 1. The monoisotopic (exact) mass is 473 g/mol. The van der Waals surface area contributed by atoms with Gasteiger partial charge in [0.25, 0.3) is 0 Å². The lowest BCUT2D eigenvalue weighted by molar-refractivity contribution is 0.364. The number of rotatable bonds is 3. The molecule has 3 rings (SSSR count). The maximum absolute atomic E-state index is 13.8. The van der Waals surface area contributed by atoms with E-state index in [1.165, 1.54) is 24.3 Å². The zero-order valence-electron chi connectivity index (χ0n) is 15.2. The summed E-state index contributed by atoms with van der Waals surface area (Å²) < 4.78 is 91.6. The van der Waals surface area contributed by atoms with E-state index < -0.39 is 31.6 Å². The third-order valence-electron chi connectivity index (χ3n) is 4.02. The van der Waals surface area contributed by atoms with Crippen LogP contribution in [0, 0.1) is 34.1 Å². The number of halogens is 7. The van der Waals surface area contributed by atoms with Gasteiger partial charge < -0.3 is 0 Å². The van der Waals surface area contributed by atoms with E-state index in [-0.39, 0.29) is 5.56 Å². The van der Waals surface area contributed by atoms with Crippen LogP contribution in [0.25, 0.3) is 11.1 Å². The molecule has 10 heteroatoms. The van der Waals surface area contributed by atoms with Crippen molar-refractivity contribution >= 4 is 22.0 Å². The smallest absolute Gasteiger partial charge is 0.206 e. The van der Waals surface area contributed by atoms with Crippen LogP contribution in [0.2, 0.25) is 0 Å². The van der Waals surface area contributed by atoms with Crippen LogP contribution in [0.15, 0.2) is 70.5 Å². The van der Waals surface area contributed by atoms with Gasteiger partial charge in [0.05, 0.1) is 4.90 Å². The summed E-state index contributed by atoms with van der Waals surface area (Å²) in [7, 11) is -9.72. The van der Waals surface area contributed by atoms with Crippen molar-refractivity contribution in [2.24, 2.45) is 0 Å². The first-order valence-corrected chi connectivity index (χ1v) is 11.1. The first-order valence-electron chi connectivity index (χ1n) is 8.28. The predicted octanol–water partition coefficient (Wildman–Crippen LogP) is 8.26. The van der Waals surface area contributed by atoms with Gasteiger partial charge in [-0.15, -0.1) is 0 Å². The minimum Gasteiger partial charge on any atom is -0.206 e. The van der Waals surface area contributed by atoms with Crippen molar-refractivity contribution in [3.8, 4) is 28.4 Å². The van der Waals surface area contributed by atoms with Crippen molar-refractivity contribution in [3.63, 3.8) is 0 Å². The molecule has 0 heterocycles. The highest BCUT2D eigenvalue weighted by atomic mass is 32.5. The Morgan fingerprint density at radius 3 is 1.58 bits per heavy atom. The van der Waals surface area contributed by atoms with Gasteiger partial charge in [0.1, 0.15) is 21.9 Å². The fourth-order valence-electron chi connectivity index (χ4n) is 2.57. The second-order valence-electron chi connectivity index (χ2n) is 6.28. The minimum atomic E-state index is -9.72. The molecule has 0 radical (unpaired) electrons. The summed E-state index contributed by atoms with van der Waals surface area (Å²) in [6, 6.07) is 10.6. The van der Waals surface area contributed by atoms with Gasteiger partial charge in [-0.2, -0.15) is 5.26 Å². The van der Waals surface area contributed by atoms with Crippen LogP contribution in [-0.2, 0) is 0 Å². The van der Waals surface area contributed by atoms with Gasteiger partial charge in [0.2, 0.25) is 0 Å². The van der Waals surface area contributed by atoms with Crippen LogP contribution in [-0.4, -0.2) is 0 Å². The van der Waals surface area contributed by atoms with Gasteiger partial charge in [-0.1, -0.05) is 55.5 Å². The highest BCUT2D eigenvalue weighted by Gasteiger charge is 2.65. The van der Waals surface area contributed by atoms with E-state index in [9.17, 15) is 28.2 Å². The molecule has 0 aliphatic heterocycles. The summed E-state index contributed by atoms with van der Waals surface area (Å²) in [5.74, 6) is 3.43. The quantitative estimate of drug-likeness (QED) is 0.165. The number of thioether (sulfide) groups is 1. The zero-order chi connectivity index (χ0) is 22.9. The lowest BCUT2D eigenvalue weighted by atomic mass is 10.0. The van der Waals surface area contributed by atoms with E-state index >= 15 is 0 Å². The zero-order valence-corrected chi connectivity index (χ0v) is 16.8. The second-order valence-corrected chi connectivity index (χ2v) is 9.49. The first kappa shape index (κ1) is 22.6.